The molecule has 1 rings (SSSR count). The van der Waals surface area contributed by atoms with Crippen LogP contribution < -0.4 is 10.5 Å². The zero-order valence-electron chi connectivity index (χ0n) is 9.02. The summed E-state index contributed by atoms with van der Waals surface area (Å²) < 4.78 is 68.8. The lowest BCUT2D eigenvalue weighted by Crippen LogP contribution is -2.26. The number of ether oxygens (including phenoxy) is 1. The van der Waals surface area contributed by atoms with E-state index in [4.69, 9.17) is 10.8 Å². The first-order valence-corrected chi connectivity index (χ1v) is 4.90. The third kappa shape index (κ3) is 2.88. The first kappa shape index (κ1) is 14.7. The van der Waals surface area contributed by atoms with Crippen LogP contribution in [0.5, 0.6) is 5.75 Å². The number of benzene rings is 1. The van der Waals surface area contributed by atoms with Gasteiger partial charge in [-0.25, -0.2) is 13.2 Å². The Balaban J connectivity index is 2.89. The number of nitrogens with two attached hydrogens (primary N) is 1. The van der Waals surface area contributed by atoms with Crippen LogP contribution in [0.25, 0.3) is 0 Å². The maximum absolute atomic E-state index is 13.1. The van der Waals surface area contributed by atoms with Crippen LogP contribution >= 0.6 is 0 Å². The largest absolute Gasteiger partial charge is 0.487 e. The van der Waals surface area contributed by atoms with Crippen LogP contribution in [0.15, 0.2) is 0 Å². The summed E-state index contributed by atoms with van der Waals surface area (Å²) in [5.74, 6) is -11.8. The van der Waals surface area contributed by atoms with Crippen molar-refractivity contribution in [3.05, 3.63) is 29.1 Å². The molecule has 8 heteroatoms. The standard InChI is InChI=1S/C10H10F5NO2/c11-5-6(12)8(14)10(9(15)7(5)13)18-2-1-4(16)3-17/h4,17H,1-3,16H2. The molecular weight excluding hydrogens is 261 g/mol. The molecule has 0 aromatic heterocycles. The molecule has 3 nitrogen and oxygen atoms in total. The first-order valence-electron chi connectivity index (χ1n) is 4.90. The highest BCUT2D eigenvalue weighted by molar-refractivity contribution is 5.29. The summed E-state index contributed by atoms with van der Waals surface area (Å²) >= 11 is 0. The smallest absolute Gasteiger partial charge is 0.206 e. The van der Waals surface area contributed by atoms with E-state index in [0.717, 1.165) is 0 Å². The topological polar surface area (TPSA) is 55.5 Å². The van der Waals surface area contributed by atoms with Gasteiger partial charge in [0.05, 0.1) is 13.2 Å². The molecule has 3 N–H and O–H groups in total. The molecule has 0 aliphatic heterocycles. The summed E-state index contributed by atoms with van der Waals surface area (Å²) in [4.78, 5) is 0. The van der Waals surface area contributed by atoms with Crippen molar-refractivity contribution in [3.8, 4) is 5.75 Å². The van der Waals surface area contributed by atoms with Gasteiger partial charge in [-0.05, 0) is 6.42 Å². The molecule has 0 saturated carbocycles. The minimum absolute atomic E-state index is 0.00397. The minimum atomic E-state index is -2.25. The molecule has 0 amide bonds. The Morgan fingerprint density at radius 3 is 1.83 bits per heavy atom. The van der Waals surface area contributed by atoms with E-state index >= 15 is 0 Å². The predicted molar refractivity (Wildman–Crippen MR) is 51.4 cm³/mol. The van der Waals surface area contributed by atoms with Crippen LogP contribution in [0.4, 0.5) is 22.0 Å². The Hall–Kier alpha value is -1.41. The number of aliphatic hydroxyl groups excluding tert-OH is 1. The molecule has 0 bridgehead atoms. The quantitative estimate of drug-likeness (QED) is 0.484. The van der Waals surface area contributed by atoms with Crippen LogP contribution in [0.2, 0.25) is 0 Å². The lowest BCUT2D eigenvalue weighted by molar-refractivity contribution is 0.217. The average Bonchev–Trinajstić information content (AvgIpc) is 2.37. The summed E-state index contributed by atoms with van der Waals surface area (Å²) in [5.41, 5.74) is 5.27. The van der Waals surface area contributed by atoms with Crippen LogP contribution in [0, 0.1) is 29.1 Å². The van der Waals surface area contributed by atoms with Crippen molar-refractivity contribution in [2.24, 2.45) is 5.73 Å². The summed E-state index contributed by atoms with van der Waals surface area (Å²) in [6.07, 6.45) is -0.00397. The molecule has 1 aromatic rings. The molecule has 0 spiro atoms. The lowest BCUT2D eigenvalue weighted by Gasteiger charge is -2.12. The second-order valence-electron chi connectivity index (χ2n) is 3.48. The minimum Gasteiger partial charge on any atom is -0.487 e. The first-order chi connectivity index (χ1) is 8.40. The van der Waals surface area contributed by atoms with Gasteiger partial charge in [0.25, 0.3) is 0 Å². The van der Waals surface area contributed by atoms with Crippen molar-refractivity contribution in [2.45, 2.75) is 12.5 Å². The van der Waals surface area contributed by atoms with Gasteiger partial charge in [0.1, 0.15) is 0 Å². The fraction of sp³-hybridized carbons (Fsp3) is 0.400. The number of hydrogen-bond acceptors (Lipinski definition) is 3. The zero-order valence-corrected chi connectivity index (χ0v) is 9.02. The molecule has 0 saturated heterocycles. The van der Waals surface area contributed by atoms with Crippen LogP contribution in [0.3, 0.4) is 0 Å². The van der Waals surface area contributed by atoms with E-state index in [2.05, 4.69) is 4.74 Å². The molecule has 0 radical (unpaired) electrons. The average molecular weight is 271 g/mol. The Kier molecular flexibility index (Phi) is 4.85. The van der Waals surface area contributed by atoms with E-state index in [0.29, 0.717) is 0 Å². The highest BCUT2D eigenvalue weighted by atomic mass is 19.2. The van der Waals surface area contributed by atoms with Crippen molar-refractivity contribution in [3.63, 3.8) is 0 Å². The van der Waals surface area contributed by atoms with Crippen molar-refractivity contribution in [2.75, 3.05) is 13.2 Å². The third-order valence-corrected chi connectivity index (χ3v) is 2.14. The highest BCUT2D eigenvalue weighted by Crippen LogP contribution is 2.29. The molecule has 0 aliphatic carbocycles. The molecule has 0 aliphatic rings. The summed E-state index contributed by atoms with van der Waals surface area (Å²) in [7, 11) is 0. The second kappa shape index (κ2) is 5.96. The Bertz CT molecular complexity index is 412. The van der Waals surface area contributed by atoms with Gasteiger partial charge in [-0.2, -0.15) is 8.78 Å². The van der Waals surface area contributed by atoms with Crippen molar-refractivity contribution in [1.29, 1.82) is 0 Å². The number of halogens is 5. The normalized spacial score (nSPS) is 12.6. The van der Waals surface area contributed by atoms with E-state index in [-0.39, 0.29) is 19.6 Å². The summed E-state index contributed by atoms with van der Waals surface area (Å²) in [6, 6.07) is -0.703. The van der Waals surface area contributed by atoms with Gasteiger partial charge in [0, 0.05) is 6.04 Å². The van der Waals surface area contributed by atoms with E-state index < -0.39 is 40.9 Å². The van der Waals surface area contributed by atoms with Gasteiger partial charge in [0.2, 0.25) is 29.1 Å². The predicted octanol–water partition coefficient (Wildman–Crippen LogP) is 1.47. The van der Waals surface area contributed by atoms with E-state index in [1.165, 1.54) is 0 Å². The number of hydrogen-bond donors (Lipinski definition) is 2. The van der Waals surface area contributed by atoms with Crippen molar-refractivity contribution in [1.82, 2.24) is 0 Å². The molecule has 1 atom stereocenters. The Morgan fingerprint density at radius 1 is 0.944 bits per heavy atom. The molecule has 18 heavy (non-hydrogen) atoms. The van der Waals surface area contributed by atoms with E-state index in [1.807, 2.05) is 0 Å². The Labute approximate surface area is 99.0 Å². The monoisotopic (exact) mass is 271 g/mol. The van der Waals surface area contributed by atoms with Crippen LogP contribution in [-0.4, -0.2) is 24.4 Å². The van der Waals surface area contributed by atoms with Crippen LogP contribution in [0.1, 0.15) is 6.42 Å². The number of aliphatic hydroxyl groups is 1. The van der Waals surface area contributed by atoms with Crippen LogP contribution in [-0.2, 0) is 0 Å². The summed E-state index contributed by atoms with van der Waals surface area (Å²) in [5, 5.41) is 8.57. The molecule has 0 heterocycles. The van der Waals surface area contributed by atoms with Gasteiger partial charge in [-0.15, -0.1) is 0 Å². The Morgan fingerprint density at radius 2 is 1.39 bits per heavy atom. The maximum atomic E-state index is 13.1. The fourth-order valence-corrected chi connectivity index (χ4v) is 1.12. The van der Waals surface area contributed by atoms with E-state index in [9.17, 15) is 22.0 Å². The zero-order chi connectivity index (χ0) is 13.9. The fourth-order valence-electron chi connectivity index (χ4n) is 1.12. The maximum Gasteiger partial charge on any atom is 0.206 e. The second-order valence-corrected chi connectivity index (χ2v) is 3.48. The lowest BCUT2D eigenvalue weighted by atomic mass is 10.2. The SMILES string of the molecule is NC(CO)CCOc1c(F)c(F)c(F)c(F)c1F. The molecular formula is C10H10F5NO2. The van der Waals surface area contributed by atoms with Gasteiger partial charge in [-0.3, -0.25) is 0 Å². The molecule has 0 fully saturated rings. The van der Waals surface area contributed by atoms with E-state index in [1.54, 1.807) is 0 Å². The van der Waals surface area contributed by atoms with Gasteiger partial charge in [0.15, 0.2) is 5.75 Å². The summed E-state index contributed by atoms with van der Waals surface area (Å²) in [6.45, 7) is -0.777. The van der Waals surface area contributed by atoms with Gasteiger partial charge >= 0.3 is 0 Å². The molecule has 102 valence electrons. The molecule has 1 aromatic carbocycles. The molecule has 1 unspecified atom stereocenters. The third-order valence-electron chi connectivity index (χ3n) is 2.14. The van der Waals surface area contributed by atoms with Crippen molar-refractivity contribution < 1.29 is 31.8 Å². The van der Waals surface area contributed by atoms with Crippen molar-refractivity contribution >= 4 is 0 Å². The van der Waals surface area contributed by atoms with Gasteiger partial charge < -0.3 is 15.6 Å². The highest BCUT2D eigenvalue weighted by Gasteiger charge is 2.26. The van der Waals surface area contributed by atoms with Gasteiger partial charge in [-0.1, -0.05) is 0 Å². The number of rotatable bonds is 5.